The molecule has 0 nitrogen and oxygen atoms in total. The molecule has 2 aliphatic carbocycles. The van der Waals surface area contributed by atoms with E-state index in [2.05, 4.69) is 34.6 Å². The van der Waals surface area contributed by atoms with Crippen molar-refractivity contribution >= 4 is 0 Å². The van der Waals surface area contributed by atoms with Gasteiger partial charge in [0.2, 0.25) is 0 Å². The summed E-state index contributed by atoms with van der Waals surface area (Å²) in [6.07, 6.45) is 17.2. The standard InChI is InChI=1S/C11H17.C8H8.Zr/c1-6-11-9(4)7(2)8(3)10(11)5;1-2-4-6-8-7-5-3-1;/h6H2,1-5H3;1-8H;. The Morgan fingerprint density at radius 2 is 0.800 bits per heavy atom. The fourth-order valence-corrected chi connectivity index (χ4v) is 2.34. The van der Waals surface area contributed by atoms with Crippen LogP contribution in [0.25, 0.3) is 0 Å². The number of hydrogen-bond acceptors (Lipinski definition) is 0. The van der Waals surface area contributed by atoms with Crippen LogP contribution in [0.4, 0.5) is 0 Å². The van der Waals surface area contributed by atoms with Gasteiger partial charge in [0.1, 0.15) is 0 Å². The van der Waals surface area contributed by atoms with Crippen LogP contribution in [0.5, 0.6) is 0 Å². The molecule has 0 atom stereocenters. The van der Waals surface area contributed by atoms with Crippen molar-refractivity contribution in [3.8, 4) is 0 Å². The van der Waals surface area contributed by atoms with Crippen LogP contribution >= 0.6 is 0 Å². The van der Waals surface area contributed by atoms with Crippen molar-refractivity contribution < 1.29 is 26.2 Å². The molecule has 2 rings (SSSR count). The molecule has 0 aromatic rings. The molecule has 0 bridgehead atoms. The molecule has 0 spiro atoms. The Bertz CT molecular complexity index is 188. The Labute approximate surface area is 148 Å². The third-order valence-electron chi connectivity index (χ3n) is 3.84. The van der Waals surface area contributed by atoms with Crippen LogP contribution in [0.2, 0.25) is 0 Å². The average Bonchev–Trinajstić information content (AvgIpc) is 2.54. The summed E-state index contributed by atoms with van der Waals surface area (Å²) in [5, 5.41) is 0. The second kappa shape index (κ2) is 11.5. The minimum Gasteiger partial charge on any atom is -0.0648 e. The van der Waals surface area contributed by atoms with Crippen LogP contribution in [0.3, 0.4) is 0 Å². The summed E-state index contributed by atoms with van der Waals surface area (Å²) in [6.45, 7) is 11.1. The number of hydrogen-bond donors (Lipinski definition) is 0. The van der Waals surface area contributed by atoms with E-state index in [0.29, 0.717) is 0 Å². The van der Waals surface area contributed by atoms with Crippen LogP contribution in [-0.4, -0.2) is 0 Å². The fourth-order valence-electron chi connectivity index (χ4n) is 2.34. The van der Waals surface area contributed by atoms with E-state index in [0.717, 1.165) is 0 Å². The first-order valence-electron chi connectivity index (χ1n) is 6.98. The molecular formula is C19H25Zr. The maximum absolute atomic E-state index is 2.23. The van der Waals surface area contributed by atoms with E-state index in [1.54, 1.807) is 5.92 Å². The Morgan fingerprint density at radius 1 is 0.550 bits per heavy atom. The van der Waals surface area contributed by atoms with Gasteiger partial charge in [0, 0.05) is 26.2 Å². The second-order valence-corrected chi connectivity index (χ2v) is 4.87. The van der Waals surface area contributed by atoms with Gasteiger partial charge in [0.05, 0.1) is 0 Å². The molecule has 1 heteroatoms. The van der Waals surface area contributed by atoms with Gasteiger partial charge in [-0.25, -0.2) is 0 Å². The first-order valence-corrected chi connectivity index (χ1v) is 6.98. The van der Waals surface area contributed by atoms with Crippen molar-refractivity contribution in [2.24, 2.45) is 0 Å². The van der Waals surface area contributed by atoms with E-state index in [-0.39, 0.29) is 26.2 Å². The molecule has 2 saturated carbocycles. The van der Waals surface area contributed by atoms with E-state index in [1.165, 1.54) is 30.1 Å². The SMILES string of the molecule is CC[C]1[C](C)[C](C)[C](C)[C]1C.[CH]1[CH][CH][CH][CH][CH][CH][CH]1.[Zr]. The smallest absolute Gasteiger partial charge is 0 e. The van der Waals surface area contributed by atoms with Crippen molar-refractivity contribution in [3.05, 3.63) is 81.0 Å². The van der Waals surface area contributed by atoms with Crippen LogP contribution in [0.15, 0.2) is 0 Å². The molecule has 20 heavy (non-hydrogen) atoms. The zero-order chi connectivity index (χ0) is 14.3. The molecule has 0 unspecified atom stereocenters. The normalized spacial score (nSPS) is 24.4. The molecule has 0 heterocycles. The van der Waals surface area contributed by atoms with Gasteiger partial charge in [-0.2, -0.15) is 0 Å². The Kier molecular flexibility index (Phi) is 12.0. The van der Waals surface area contributed by atoms with Gasteiger partial charge in [-0.3, -0.25) is 0 Å². The van der Waals surface area contributed by atoms with E-state index in [9.17, 15) is 0 Å². The predicted molar refractivity (Wildman–Crippen MR) is 83.6 cm³/mol. The Morgan fingerprint density at radius 3 is 0.950 bits per heavy atom. The minimum atomic E-state index is 0. The van der Waals surface area contributed by atoms with Crippen LogP contribution in [0, 0.1) is 81.0 Å². The zero-order valence-electron chi connectivity index (χ0n) is 13.3. The minimum absolute atomic E-state index is 0. The van der Waals surface area contributed by atoms with Crippen molar-refractivity contribution in [2.45, 2.75) is 41.0 Å². The third-order valence-corrected chi connectivity index (χ3v) is 3.84. The molecule has 2 aliphatic rings. The summed E-state index contributed by atoms with van der Waals surface area (Å²) in [4.78, 5) is 0. The van der Waals surface area contributed by atoms with Crippen LogP contribution in [-0.2, 0) is 26.2 Å². The summed E-state index contributed by atoms with van der Waals surface area (Å²) < 4.78 is 0. The molecule has 0 N–H and O–H groups in total. The first-order chi connectivity index (χ1) is 9.09. The van der Waals surface area contributed by atoms with Crippen molar-refractivity contribution in [3.63, 3.8) is 0 Å². The van der Waals surface area contributed by atoms with Crippen molar-refractivity contribution in [1.82, 2.24) is 0 Å². The van der Waals surface area contributed by atoms with Gasteiger partial charge in [-0.15, -0.1) is 0 Å². The maximum atomic E-state index is 2.23. The molecule has 0 aromatic carbocycles. The van der Waals surface area contributed by atoms with Gasteiger partial charge in [-0.05, 0) is 87.4 Å². The van der Waals surface area contributed by atoms with E-state index < -0.39 is 0 Å². The van der Waals surface area contributed by atoms with E-state index >= 15 is 0 Å². The van der Waals surface area contributed by atoms with E-state index in [1.807, 2.05) is 51.4 Å². The van der Waals surface area contributed by atoms with E-state index in [4.69, 9.17) is 0 Å². The fraction of sp³-hybridized carbons (Fsp3) is 0.316. The molecule has 0 amide bonds. The monoisotopic (exact) mass is 343 g/mol. The largest absolute Gasteiger partial charge is 0.0648 e. The molecular weight excluding hydrogens is 319 g/mol. The molecule has 0 aliphatic heterocycles. The molecule has 13 radical (unpaired) electrons. The van der Waals surface area contributed by atoms with Crippen molar-refractivity contribution in [1.29, 1.82) is 0 Å². The molecule has 105 valence electrons. The summed E-state index contributed by atoms with van der Waals surface area (Å²) >= 11 is 0. The van der Waals surface area contributed by atoms with Gasteiger partial charge < -0.3 is 0 Å². The van der Waals surface area contributed by atoms with Crippen molar-refractivity contribution in [2.75, 3.05) is 0 Å². The molecule has 0 aromatic heterocycles. The van der Waals surface area contributed by atoms with Crippen LogP contribution in [0.1, 0.15) is 41.0 Å². The quantitative estimate of drug-likeness (QED) is 0.628. The van der Waals surface area contributed by atoms with Crippen LogP contribution < -0.4 is 0 Å². The Hall–Kier alpha value is 0.883. The Balaban J connectivity index is 0.000000359. The second-order valence-electron chi connectivity index (χ2n) is 4.87. The van der Waals surface area contributed by atoms with Gasteiger partial charge in [0.15, 0.2) is 0 Å². The zero-order valence-corrected chi connectivity index (χ0v) is 15.8. The van der Waals surface area contributed by atoms with Gasteiger partial charge >= 0.3 is 0 Å². The van der Waals surface area contributed by atoms with Gasteiger partial charge in [0.25, 0.3) is 0 Å². The summed E-state index contributed by atoms with van der Waals surface area (Å²) in [7, 11) is 0. The summed E-state index contributed by atoms with van der Waals surface area (Å²) in [6, 6.07) is 0. The third kappa shape index (κ3) is 6.33. The average molecular weight is 345 g/mol. The maximum Gasteiger partial charge on any atom is 0 e. The summed E-state index contributed by atoms with van der Waals surface area (Å²) in [5.74, 6) is 7.53. The van der Waals surface area contributed by atoms with Gasteiger partial charge in [-0.1, -0.05) is 34.6 Å². The first kappa shape index (κ1) is 20.9. The predicted octanol–water partition coefficient (Wildman–Crippen LogP) is 4.99. The summed E-state index contributed by atoms with van der Waals surface area (Å²) in [5.41, 5.74) is 0. The number of rotatable bonds is 1. The topological polar surface area (TPSA) is 0 Å². The molecule has 0 saturated heterocycles. The molecule has 2 fully saturated rings.